The summed E-state index contributed by atoms with van der Waals surface area (Å²) >= 11 is 0. The number of anilines is 1. The molecule has 2 aromatic rings. The van der Waals surface area contributed by atoms with Crippen molar-refractivity contribution in [2.24, 2.45) is 5.92 Å². The lowest BCUT2D eigenvalue weighted by atomic mass is 10.1. The van der Waals surface area contributed by atoms with Gasteiger partial charge in [-0.2, -0.15) is 5.26 Å². The molecule has 108 valence electrons. The maximum Gasteiger partial charge on any atom is 0.186 e. The van der Waals surface area contributed by atoms with Crippen LogP contribution < -0.4 is 5.32 Å². The Bertz CT molecular complexity index is 826. The van der Waals surface area contributed by atoms with Crippen molar-refractivity contribution in [3.05, 3.63) is 30.0 Å². The first-order valence-corrected chi connectivity index (χ1v) is 8.51. The molecule has 0 amide bonds. The van der Waals surface area contributed by atoms with Gasteiger partial charge in [-0.1, -0.05) is 18.2 Å². The molecule has 1 N–H and O–H groups in total. The topological polar surface area (TPSA) is 95.7 Å². The average molecular weight is 302 g/mol. The number of hydrogen-bond acceptors (Lipinski definition) is 6. The van der Waals surface area contributed by atoms with Crippen LogP contribution in [0.15, 0.2) is 24.3 Å². The molecular formula is C14H14N4O2S. The number of nitrogens with one attached hydrogen (secondary N) is 1. The summed E-state index contributed by atoms with van der Waals surface area (Å²) in [6.45, 7) is 0.517. The Morgan fingerprint density at radius 1 is 1.33 bits per heavy atom. The Kier molecular flexibility index (Phi) is 3.47. The van der Waals surface area contributed by atoms with Crippen LogP contribution in [0, 0.1) is 17.2 Å². The lowest BCUT2D eigenvalue weighted by Crippen LogP contribution is -2.17. The molecule has 1 aliphatic heterocycles. The van der Waals surface area contributed by atoms with Crippen molar-refractivity contribution in [1.29, 1.82) is 5.26 Å². The Morgan fingerprint density at radius 3 is 2.86 bits per heavy atom. The lowest BCUT2D eigenvalue weighted by molar-refractivity contribution is 0.596. The number of aromatic nitrogens is 2. The average Bonchev–Trinajstić information content (AvgIpc) is 2.84. The number of sulfone groups is 1. The fourth-order valence-electron chi connectivity index (χ4n) is 2.59. The number of fused-ring (bicyclic) bond motifs is 1. The fraction of sp³-hybridized carbons (Fsp3) is 0.357. The maximum absolute atomic E-state index is 11.5. The Balaban J connectivity index is 1.88. The standard InChI is InChI=1S/C14H14N4O2S/c15-7-13-14(11-3-1-2-4-12(11)17-18-13)16-8-10-5-6-21(19,20)9-10/h1-4,10H,5-6,8-9H2,(H,16,17). The molecule has 1 saturated heterocycles. The van der Waals surface area contributed by atoms with Gasteiger partial charge in [0.2, 0.25) is 0 Å². The molecule has 1 aromatic heterocycles. The summed E-state index contributed by atoms with van der Waals surface area (Å²) in [5.41, 5.74) is 1.57. The Morgan fingerprint density at radius 2 is 2.14 bits per heavy atom. The Hall–Kier alpha value is -2.20. The fourth-order valence-corrected chi connectivity index (χ4v) is 4.45. The number of hydrogen-bond donors (Lipinski definition) is 1. The van der Waals surface area contributed by atoms with Gasteiger partial charge in [-0.05, 0) is 18.4 Å². The lowest BCUT2D eigenvalue weighted by Gasteiger charge is -2.13. The van der Waals surface area contributed by atoms with Crippen molar-refractivity contribution in [1.82, 2.24) is 10.2 Å². The van der Waals surface area contributed by atoms with E-state index in [0.717, 1.165) is 5.39 Å². The van der Waals surface area contributed by atoms with Gasteiger partial charge in [-0.25, -0.2) is 8.42 Å². The summed E-state index contributed by atoms with van der Waals surface area (Å²) in [4.78, 5) is 0. The quantitative estimate of drug-likeness (QED) is 0.919. The van der Waals surface area contributed by atoms with Crippen LogP contribution in [-0.4, -0.2) is 36.7 Å². The van der Waals surface area contributed by atoms with E-state index in [1.54, 1.807) is 0 Å². The van der Waals surface area contributed by atoms with Crippen molar-refractivity contribution in [2.75, 3.05) is 23.4 Å². The SMILES string of the molecule is N#Cc1nnc2ccccc2c1NCC1CCS(=O)(=O)C1. The third-order valence-electron chi connectivity index (χ3n) is 3.67. The van der Waals surface area contributed by atoms with E-state index in [2.05, 4.69) is 15.5 Å². The highest BCUT2D eigenvalue weighted by Gasteiger charge is 2.27. The second-order valence-electron chi connectivity index (χ2n) is 5.20. The highest BCUT2D eigenvalue weighted by molar-refractivity contribution is 7.91. The molecule has 0 radical (unpaired) electrons. The normalized spacial score (nSPS) is 20.2. The van der Waals surface area contributed by atoms with Crippen LogP contribution >= 0.6 is 0 Å². The summed E-state index contributed by atoms with van der Waals surface area (Å²) in [6, 6.07) is 9.46. The van der Waals surface area contributed by atoms with Gasteiger partial charge in [-0.3, -0.25) is 0 Å². The van der Waals surface area contributed by atoms with Gasteiger partial charge in [0.15, 0.2) is 15.5 Å². The van der Waals surface area contributed by atoms with E-state index in [9.17, 15) is 8.42 Å². The third kappa shape index (κ3) is 2.81. The van der Waals surface area contributed by atoms with Gasteiger partial charge >= 0.3 is 0 Å². The van der Waals surface area contributed by atoms with Crippen LogP contribution in [0.5, 0.6) is 0 Å². The van der Waals surface area contributed by atoms with E-state index < -0.39 is 9.84 Å². The summed E-state index contributed by atoms with van der Waals surface area (Å²) < 4.78 is 23.0. The van der Waals surface area contributed by atoms with E-state index >= 15 is 0 Å². The molecule has 1 aliphatic rings. The van der Waals surface area contributed by atoms with E-state index in [0.29, 0.717) is 24.2 Å². The van der Waals surface area contributed by atoms with Crippen LogP contribution in [-0.2, 0) is 9.84 Å². The minimum absolute atomic E-state index is 0.0773. The number of benzene rings is 1. The number of nitriles is 1. The summed E-state index contributed by atoms with van der Waals surface area (Å²) in [7, 11) is -2.89. The molecule has 0 bridgehead atoms. The number of nitrogens with zero attached hydrogens (tertiary/aromatic N) is 3. The van der Waals surface area contributed by atoms with Gasteiger partial charge in [0.05, 0.1) is 22.7 Å². The third-order valence-corrected chi connectivity index (χ3v) is 5.51. The van der Waals surface area contributed by atoms with Crippen LogP contribution in [0.1, 0.15) is 12.1 Å². The van der Waals surface area contributed by atoms with Crippen molar-refractivity contribution in [3.8, 4) is 6.07 Å². The van der Waals surface area contributed by atoms with E-state index in [1.165, 1.54) is 0 Å². The first kappa shape index (κ1) is 13.8. The molecule has 7 heteroatoms. The molecule has 1 aromatic carbocycles. The van der Waals surface area contributed by atoms with Crippen LogP contribution in [0.2, 0.25) is 0 Å². The highest BCUT2D eigenvalue weighted by atomic mass is 32.2. The zero-order chi connectivity index (χ0) is 14.9. The van der Waals surface area contributed by atoms with Gasteiger partial charge < -0.3 is 5.32 Å². The first-order valence-electron chi connectivity index (χ1n) is 6.69. The maximum atomic E-state index is 11.5. The largest absolute Gasteiger partial charge is 0.382 e. The van der Waals surface area contributed by atoms with Crippen molar-refractivity contribution in [3.63, 3.8) is 0 Å². The molecule has 2 heterocycles. The summed E-state index contributed by atoms with van der Waals surface area (Å²) in [5, 5.41) is 21.1. The van der Waals surface area contributed by atoms with Crippen molar-refractivity contribution < 1.29 is 8.42 Å². The summed E-state index contributed by atoms with van der Waals surface area (Å²) in [6.07, 6.45) is 0.660. The molecule has 6 nitrogen and oxygen atoms in total. The molecule has 1 atom stereocenters. The first-order chi connectivity index (χ1) is 10.1. The predicted octanol–water partition coefficient (Wildman–Crippen LogP) is 1.35. The molecule has 3 rings (SSSR count). The van der Waals surface area contributed by atoms with E-state index in [4.69, 9.17) is 5.26 Å². The van der Waals surface area contributed by atoms with E-state index in [-0.39, 0.29) is 23.1 Å². The predicted molar refractivity (Wildman–Crippen MR) is 79.5 cm³/mol. The summed E-state index contributed by atoms with van der Waals surface area (Å²) in [5.74, 6) is 0.534. The highest BCUT2D eigenvalue weighted by Crippen LogP contribution is 2.25. The zero-order valence-corrected chi connectivity index (χ0v) is 12.1. The van der Waals surface area contributed by atoms with Gasteiger partial charge in [-0.15, -0.1) is 10.2 Å². The molecular weight excluding hydrogens is 288 g/mol. The number of rotatable bonds is 3. The minimum atomic E-state index is -2.89. The second-order valence-corrected chi connectivity index (χ2v) is 7.43. The van der Waals surface area contributed by atoms with Crippen LogP contribution in [0.4, 0.5) is 5.69 Å². The molecule has 0 saturated carbocycles. The van der Waals surface area contributed by atoms with Gasteiger partial charge in [0, 0.05) is 11.9 Å². The van der Waals surface area contributed by atoms with Gasteiger partial charge in [0.25, 0.3) is 0 Å². The monoisotopic (exact) mass is 302 g/mol. The van der Waals surface area contributed by atoms with Crippen molar-refractivity contribution in [2.45, 2.75) is 6.42 Å². The van der Waals surface area contributed by atoms with E-state index in [1.807, 2.05) is 30.3 Å². The molecule has 0 spiro atoms. The Labute approximate surface area is 122 Å². The second kappa shape index (κ2) is 5.30. The van der Waals surface area contributed by atoms with Crippen LogP contribution in [0.25, 0.3) is 10.9 Å². The molecule has 0 aliphatic carbocycles. The van der Waals surface area contributed by atoms with Crippen LogP contribution in [0.3, 0.4) is 0 Å². The molecule has 1 fully saturated rings. The molecule has 21 heavy (non-hydrogen) atoms. The minimum Gasteiger partial charge on any atom is -0.382 e. The van der Waals surface area contributed by atoms with Gasteiger partial charge in [0.1, 0.15) is 6.07 Å². The molecule has 1 unspecified atom stereocenters. The van der Waals surface area contributed by atoms with Crippen molar-refractivity contribution >= 4 is 26.4 Å². The zero-order valence-electron chi connectivity index (χ0n) is 11.3. The smallest absolute Gasteiger partial charge is 0.186 e.